The summed E-state index contributed by atoms with van der Waals surface area (Å²) in [6, 6.07) is 14.3. The van der Waals surface area contributed by atoms with Gasteiger partial charge >= 0.3 is 0 Å². The van der Waals surface area contributed by atoms with Gasteiger partial charge in [0.05, 0.1) is 5.92 Å². The fraction of sp³-hybridized carbons (Fsp3) is 0.429. The van der Waals surface area contributed by atoms with E-state index in [1.807, 2.05) is 42.2 Å². The van der Waals surface area contributed by atoms with E-state index in [-0.39, 0.29) is 24.2 Å². The summed E-state index contributed by atoms with van der Waals surface area (Å²) in [5.41, 5.74) is 5.30. The third-order valence-corrected chi connectivity index (χ3v) is 7.73. The maximum Gasteiger partial charge on any atom is 0.230 e. The van der Waals surface area contributed by atoms with Crippen LogP contribution in [-0.2, 0) is 9.59 Å². The van der Waals surface area contributed by atoms with Crippen molar-refractivity contribution >= 4 is 23.2 Å². The third-order valence-electron chi connectivity index (χ3n) is 7.73. The van der Waals surface area contributed by atoms with Crippen LogP contribution in [0.3, 0.4) is 0 Å². The van der Waals surface area contributed by atoms with Crippen LogP contribution < -0.4 is 9.80 Å². The molecule has 8 nitrogen and oxygen atoms in total. The van der Waals surface area contributed by atoms with Gasteiger partial charge in [0.1, 0.15) is 0 Å². The van der Waals surface area contributed by atoms with E-state index in [9.17, 15) is 9.59 Å². The summed E-state index contributed by atoms with van der Waals surface area (Å²) < 4.78 is 5.38. The largest absolute Gasteiger partial charge is 0.368 e. The van der Waals surface area contributed by atoms with E-state index in [1.54, 1.807) is 4.90 Å². The molecule has 2 aromatic carbocycles. The fourth-order valence-corrected chi connectivity index (χ4v) is 5.13. The highest BCUT2D eigenvalue weighted by atomic mass is 16.5. The van der Waals surface area contributed by atoms with E-state index in [0.717, 1.165) is 54.3 Å². The molecule has 0 N–H and O–H groups in total. The second kappa shape index (κ2) is 9.08. The van der Waals surface area contributed by atoms with Gasteiger partial charge in [-0.2, -0.15) is 4.98 Å². The highest BCUT2D eigenvalue weighted by molar-refractivity contribution is 6.00. The molecule has 1 aliphatic carbocycles. The zero-order valence-electron chi connectivity index (χ0n) is 20.8. The van der Waals surface area contributed by atoms with Crippen LogP contribution in [0.1, 0.15) is 42.2 Å². The van der Waals surface area contributed by atoms with Crippen LogP contribution >= 0.6 is 0 Å². The standard InChI is InChI=1S/C28H31N5O3/c1-18-3-8-24(15-19(18)2)33-17-22(16-25(33)34)28(35)32-13-11-31(12-14-32)23-9-6-20(7-10-23)26-29-27(36-30-26)21-4-5-21/h3,6-10,15,21-22H,4-5,11-14,16-17H2,1-2H3/t22-/m0/s1. The van der Waals surface area contributed by atoms with Crippen molar-refractivity contribution in [3.8, 4) is 11.4 Å². The second-order valence-electron chi connectivity index (χ2n) is 10.3. The van der Waals surface area contributed by atoms with E-state index in [0.29, 0.717) is 31.4 Å². The zero-order chi connectivity index (χ0) is 24.8. The number of amides is 2. The van der Waals surface area contributed by atoms with E-state index in [1.165, 1.54) is 5.56 Å². The van der Waals surface area contributed by atoms with Gasteiger partial charge in [0, 0.05) is 62.0 Å². The lowest BCUT2D eigenvalue weighted by atomic mass is 10.1. The van der Waals surface area contributed by atoms with Crippen LogP contribution in [-0.4, -0.2) is 59.6 Å². The molecule has 0 bridgehead atoms. The first-order valence-electron chi connectivity index (χ1n) is 12.8. The number of benzene rings is 2. The first kappa shape index (κ1) is 22.8. The number of aromatic nitrogens is 2. The van der Waals surface area contributed by atoms with Gasteiger partial charge in [0.2, 0.25) is 23.5 Å². The monoisotopic (exact) mass is 485 g/mol. The number of anilines is 2. The van der Waals surface area contributed by atoms with Crippen molar-refractivity contribution in [1.29, 1.82) is 0 Å². The molecule has 0 spiro atoms. The molecule has 0 radical (unpaired) electrons. The Morgan fingerprint density at radius 1 is 0.944 bits per heavy atom. The minimum atomic E-state index is -0.277. The van der Waals surface area contributed by atoms with Gasteiger partial charge in [-0.1, -0.05) is 11.2 Å². The van der Waals surface area contributed by atoms with Crippen LogP contribution in [0.5, 0.6) is 0 Å². The van der Waals surface area contributed by atoms with Gasteiger partial charge in [-0.15, -0.1) is 0 Å². The summed E-state index contributed by atoms with van der Waals surface area (Å²) >= 11 is 0. The van der Waals surface area contributed by atoms with Gasteiger partial charge in [-0.25, -0.2) is 0 Å². The van der Waals surface area contributed by atoms with Crippen molar-refractivity contribution in [1.82, 2.24) is 15.0 Å². The molecule has 2 amide bonds. The smallest absolute Gasteiger partial charge is 0.230 e. The molecule has 2 saturated heterocycles. The highest BCUT2D eigenvalue weighted by Gasteiger charge is 2.38. The molecule has 2 aliphatic heterocycles. The maximum absolute atomic E-state index is 13.2. The molecule has 3 aliphatic rings. The SMILES string of the molecule is Cc1ccc(N2C[C@@H](C(=O)N3CCN(c4ccc(-c5noc(C6CC6)n5)cc4)CC3)CC2=O)cc1C. The van der Waals surface area contributed by atoms with E-state index in [4.69, 9.17) is 4.52 Å². The normalized spacial score (nSPS) is 20.3. The van der Waals surface area contributed by atoms with E-state index in [2.05, 4.69) is 34.1 Å². The van der Waals surface area contributed by atoms with Gasteiger partial charge in [0.25, 0.3) is 0 Å². The number of aryl methyl sites for hydroxylation is 2. The molecular weight excluding hydrogens is 454 g/mol. The predicted octanol–water partition coefficient (Wildman–Crippen LogP) is 3.93. The number of carbonyl (C=O) groups excluding carboxylic acids is 2. The van der Waals surface area contributed by atoms with Gasteiger partial charge < -0.3 is 19.2 Å². The molecule has 3 fully saturated rings. The number of piperazine rings is 1. The first-order valence-corrected chi connectivity index (χ1v) is 12.8. The summed E-state index contributed by atoms with van der Waals surface area (Å²) in [5.74, 6) is 1.67. The minimum absolute atomic E-state index is 0.0289. The lowest BCUT2D eigenvalue weighted by Gasteiger charge is -2.37. The molecule has 0 unspecified atom stereocenters. The Kier molecular flexibility index (Phi) is 5.74. The Hall–Kier alpha value is -3.68. The van der Waals surface area contributed by atoms with Crippen molar-refractivity contribution in [2.24, 2.45) is 5.92 Å². The Bertz CT molecular complexity index is 1290. The molecular formula is C28H31N5O3. The van der Waals surface area contributed by atoms with Crippen molar-refractivity contribution in [2.45, 2.75) is 39.0 Å². The first-order chi connectivity index (χ1) is 17.5. The van der Waals surface area contributed by atoms with Crippen molar-refractivity contribution in [2.75, 3.05) is 42.5 Å². The molecule has 8 heteroatoms. The van der Waals surface area contributed by atoms with E-state index < -0.39 is 0 Å². The summed E-state index contributed by atoms with van der Waals surface area (Å²) in [7, 11) is 0. The Morgan fingerprint density at radius 2 is 1.67 bits per heavy atom. The van der Waals surface area contributed by atoms with Crippen LogP contribution in [0.15, 0.2) is 47.0 Å². The van der Waals surface area contributed by atoms with Gasteiger partial charge in [0.15, 0.2) is 0 Å². The van der Waals surface area contributed by atoms with E-state index >= 15 is 0 Å². The molecule has 3 heterocycles. The van der Waals surface area contributed by atoms with Crippen LogP contribution in [0.4, 0.5) is 11.4 Å². The number of rotatable bonds is 5. The highest BCUT2D eigenvalue weighted by Crippen LogP contribution is 2.39. The van der Waals surface area contributed by atoms with Crippen LogP contribution in [0.25, 0.3) is 11.4 Å². The number of hydrogen-bond donors (Lipinski definition) is 0. The Labute approximate surface area is 210 Å². The topological polar surface area (TPSA) is 82.8 Å². The molecule has 1 saturated carbocycles. The molecule has 6 rings (SSSR count). The van der Waals surface area contributed by atoms with Crippen molar-refractivity contribution in [3.05, 3.63) is 59.5 Å². The molecule has 186 valence electrons. The average Bonchev–Trinajstić information content (AvgIpc) is 3.50. The summed E-state index contributed by atoms with van der Waals surface area (Å²) in [5, 5.41) is 4.12. The van der Waals surface area contributed by atoms with Crippen LogP contribution in [0, 0.1) is 19.8 Å². The van der Waals surface area contributed by atoms with Crippen molar-refractivity contribution < 1.29 is 14.1 Å². The number of nitrogens with zero attached hydrogens (tertiary/aromatic N) is 5. The molecule has 1 aromatic heterocycles. The average molecular weight is 486 g/mol. The zero-order valence-corrected chi connectivity index (χ0v) is 20.8. The lowest BCUT2D eigenvalue weighted by Crippen LogP contribution is -2.50. The second-order valence-corrected chi connectivity index (χ2v) is 10.3. The quantitative estimate of drug-likeness (QED) is 0.545. The molecule has 1 atom stereocenters. The van der Waals surface area contributed by atoms with Crippen molar-refractivity contribution in [3.63, 3.8) is 0 Å². The maximum atomic E-state index is 13.2. The molecule has 36 heavy (non-hydrogen) atoms. The molecule has 3 aromatic rings. The summed E-state index contributed by atoms with van der Waals surface area (Å²) in [6.45, 7) is 7.41. The predicted molar refractivity (Wildman–Crippen MR) is 137 cm³/mol. The van der Waals surface area contributed by atoms with Gasteiger partial charge in [-0.05, 0) is 74.2 Å². The Morgan fingerprint density at radius 3 is 2.36 bits per heavy atom. The van der Waals surface area contributed by atoms with Crippen LogP contribution in [0.2, 0.25) is 0 Å². The summed E-state index contributed by atoms with van der Waals surface area (Å²) in [6.07, 6.45) is 2.56. The Balaban J connectivity index is 1.05. The number of carbonyl (C=O) groups is 2. The summed E-state index contributed by atoms with van der Waals surface area (Å²) in [4.78, 5) is 36.5. The fourth-order valence-electron chi connectivity index (χ4n) is 5.13. The van der Waals surface area contributed by atoms with Gasteiger partial charge in [-0.3, -0.25) is 9.59 Å². The third kappa shape index (κ3) is 4.36. The minimum Gasteiger partial charge on any atom is -0.368 e. The lowest BCUT2D eigenvalue weighted by molar-refractivity contribution is -0.136. The number of hydrogen-bond acceptors (Lipinski definition) is 6.